The number of hydrogen-bond donors (Lipinski definition) is 1. The second-order valence-corrected chi connectivity index (χ2v) is 7.96. The molecule has 1 N–H and O–H groups in total. The molecule has 0 bridgehead atoms. The first kappa shape index (κ1) is 16.9. The van der Waals surface area contributed by atoms with Crippen LogP contribution in [-0.2, 0) is 10.0 Å². The number of terminal acetylenes is 1. The van der Waals surface area contributed by atoms with Crippen molar-refractivity contribution in [3.63, 3.8) is 0 Å². The summed E-state index contributed by atoms with van der Waals surface area (Å²) in [4.78, 5) is -0.112. The zero-order valence-electron chi connectivity index (χ0n) is 11.1. The van der Waals surface area contributed by atoms with Gasteiger partial charge in [-0.15, -0.1) is 6.42 Å². The standard InChI is InChI=1S/C14H14Cl3NO2S/c1-2-14(6-4-3-5-7-14)18-21(19,20)13-9-11(16)10(15)8-12(13)17/h1,8-9,18H,3-7H2. The van der Waals surface area contributed by atoms with Crippen molar-refractivity contribution >= 4 is 44.8 Å². The molecule has 21 heavy (non-hydrogen) atoms. The van der Waals surface area contributed by atoms with Crippen molar-refractivity contribution in [2.45, 2.75) is 42.5 Å². The van der Waals surface area contributed by atoms with Gasteiger partial charge in [0.1, 0.15) is 4.90 Å². The predicted octanol–water partition coefficient (Wildman–Crippen LogP) is 4.26. The van der Waals surface area contributed by atoms with E-state index < -0.39 is 15.6 Å². The van der Waals surface area contributed by atoms with E-state index in [9.17, 15) is 8.42 Å². The predicted molar refractivity (Wildman–Crippen MR) is 86.4 cm³/mol. The summed E-state index contributed by atoms with van der Waals surface area (Å²) in [7, 11) is -3.87. The molecular weight excluding hydrogens is 353 g/mol. The first-order valence-corrected chi connectivity index (χ1v) is 9.08. The highest BCUT2D eigenvalue weighted by Crippen LogP contribution is 2.34. The van der Waals surface area contributed by atoms with E-state index in [0.29, 0.717) is 12.8 Å². The van der Waals surface area contributed by atoms with E-state index in [4.69, 9.17) is 41.2 Å². The molecule has 7 heteroatoms. The van der Waals surface area contributed by atoms with Crippen molar-refractivity contribution in [1.29, 1.82) is 0 Å². The van der Waals surface area contributed by atoms with Gasteiger partial charge in [-0.05, 0) is 25.0 Å². The van der Waals surface area contributed by atoms with Gasteiger partial charge < -0.3 is 0 Å². The van der Waals surface area contributed by atoms with Gasteiger partial charge in [0.2, 0.25) is 10.0 Å². The third-order valence-corrected chi connectivity index (χ3v) is 6.30. The molecule has 0 radical (unpaired) electrons. The summed E-state index contributed by atoms with van der Waals surface area (Å²) in [6.45, 7) is 0. The maximum atomic E-state index is 12.6. The van der Waals surface area contributed by atoms with Gasteiger partial charge in [-0.3, -0.25) is 0 Å². The van der Waals surface area contributed by atoms with E-state index >= 15 is 0 Å². The Bertz CT molecular complexity index is 689. The summed E-state index contributed by atoms with van der Waals surface area (Å²) in [5.74, 6) is 2.60. The zero-order chi connectivity index (χ0) is 15.7. The van der Waals surface area contributed by atoms with Crippen LogP contribution in [-0.4, -0.2) is 14.0 Å². The number of halogens is 3. The molecule has 1 fully saturated rings. The Morgan fingerprint density at radius 3 is 2.19 bits per heavy atom. The second-order valence-electron chi connectivity index (χ2n) is 5.09. The third kappa shape index (κ3) is 3.67. The zero-order valence-corrected chi connectivity index (χ0v) is 14.2. The topological polar surface area (TPSA) is 46.2 Å². The van der Waals surface area contributed by atoms with Gasteiger partial charge in [-0.25, -0.2) is 8.42 Å². The Labute approximate surface area is 140 Å². The minimum Gasteiger partial charge on any atom is -0.207 e. The molecule has 1 aliphatic rings. The number of benzene rings is 1. The average Bonchev–Trinajstić information content (AvgIpc) is 2.43. The molecule has 1 saturated carbocycles. The molecule has 0 amide bonds. The highest BCUT2D eigenvalue weighted by atomic mass is 35.5. The van der Waals surface area contributed by atoms with Crippen LogP contribution in [0, 0.1) is 12.3 Å². The van der Waals surface area contributed by atoms with Gasteiger partial charge >= 0.3 is 0 Å². The van der Waals surface area contributed by atoms with Crippen molar-refractivity contribution in [2.75, 3.05) is 0 Å². The minimum atomic E-state index is -3.87. The van der Waals surface area contributed by atoms with Gasteiger partial charge in [0, 0.05) is 0 Å². The van der Waals surface area contributed by atoms with E-state index in [1.54, 1.807) is 0 Å². The van der Waals surface area contributed by atoms with Crippen molar-refractivity contribution in [3.05, 3.63) is 27.2 Å². The van der Waals surface area contributed by atoms with Crippen LogP contribution in [0.1, 0.15) is 32.1 Å². The Kier molecular flexibility index (Phi) is 5.12. The number of hydrogen-bond acceptors (Lipinski definition) is 2. The maximum Gasteiger partial charge on any atom is 0.243 e. The summed E-state index contributed by atoms with van der Waals surface area (Å²) in [5.41, 5.74) is -0.855. The first-order valence-electron chi connectivity index (χ1n) is 6.46. The number of sulfonamides is 1. The number of nitrogens with one attached hydrogen (secondary N) is 1. The van der Waals surface area contributed by atoms with Crippen LogP contribution in [0.5, 0.6) is 0 Å². The molecule has 1 aromatic rings. The fraction of sp³-hybridized carbons (Fsp3) is 0.429. The maximum absolute atomic E-state index is 12.6. The molecule has 0 aliphatic heterocycles. The summed E-state index contributed by atoms with van der Waals surface area (Å²) in [6.07, 6.45) is 9.62. The highest BCUT2D eigenvalue weighted by molar-refractivity contribution is 7.89. The Balaban J connectivity index is 2.39. The molecule has 0 unspecified atom stereocenters. The van der Waals surface area contributed by atoms with Crippen molar-refractivity contribution in [1.82, 2.24) is 4.72 Å². The van der Waals surface area contributed by atoms with Crippen LogP contribution < -0.4 is 4.72 Å². The van der Waals surface area contributed by atoms with Gasteiger partial charge in [0.05, 0.1) is 20.6 Å². The fourth-order valence-corrected chi connectivity index (χ4v) is 4.85. The number of rotatable bonds is 3. The van der Waals surface area contributed by atoms with Crippen LogP contribution in [0.3, 0.4) is 0 Å². The SMILES string of the molecule is C#CC1(NS(=O)(=O)c2cc(Cl)c(Cl)cc2Cl)CCCCC1. The molecule has 1 aromatic carbocycles. The lowest BCUT2D eigenvalue weighted by Gasteiger charge is -2.33. The average molecular weight is 367 g/mol. The van der Waals surface area contributed by atoms with Gasteiger partial charge in [0.15, 0.2) is 0 Å². The van der Waals surface area contributed by atoms with Crippen molar-refractivity contribution < 1.29 is 8.42 Å². The summed E-state index contributed by atoms with van der Waals surface area (Å²) >= 11 is 17.7. The lowest BCUT2D eigenvalue weighted by Crippen LogP contribution is -2.48. The largest absolute Gasteiger partial charge is 0.243 e. The summed E-state index contributed by atoms with van der Waals surface area (Å²) in [6, 6.07) is 2.55. The third-order valence-electron chi connectivity index (χ3n) is 3.58. The molecule has 1 aliphatic carbocycles. The van der Waals surface area contributed by atoms with E-state index in [0.717, 1.165) is 19.3 Å². The molecule has 0 spiro atoms. The lowest BCUT2D eigenvalue weighted by molar-refractivity contribution is 0.341. The van der Waals surface area contributed by atoms with Gasteiger partial charge in [-0.1, -0.05) is 60.0 Å². The fourth-order valence-electron chi connectivity index (χ4n) is 2.45. The van der Waals surface area contributed by atoms with E-state index in [2.05, 4.69) is 10.6 Å². The molecule has 0 heterocycles. The normalized spacial score (nSPS) is 18.2. The van der Waals surface area contributed by atoms with E-state index in [1.807, 2.05) is 0 Å². The molecule has 2 rings (SSSR count). The minimum absolute atomic E-state index is 0.0138. The molecule has 114 valence electrons. The van der Waals surface area contributed by atoms with E-state index in [1.165, 1.54) is 12.1 Å². The highest BCUT2D eigenvalue weighted by Gasteiger charge is 2.35. The summed E-state index contributed by atoms with van der Waals surface area (Å²) in [5, 5.41) is 0.338. The van der Waals surface area contributed by atoms with Crippen LogP contribution >= 0.6 is 34.8 Å². The van der Waals surface area contributed by atoms with Crippen molar-refractivity contribution in [2.24, 2.45) is 0 Å². The smallest absolute Gasteiger partial charge is 0.207 e. The Morgan fingerprint density at radius 2 is 1.62 bits per heavy atom. The molecule has 3 nitrogen and oxygen atoms in total. The first-order chi connectivity index (χ1) is 9.80. The monoisotopic (exact) mass is 365 g/mol. The lowest BCUT2D eigenvalue weighted by atomic mass is 9.83. The molecule has 0 aromatic heterocycles. The van der Waals surface area contributed by atoms with Crippen LogP contribution in [0.2, 0.25) is 15.1 Å². The van der Waals surface area contributed by atoms with Crippen LogP contribution in [0.15, 0.2) is 17.0 Å². The molecule has 0 atom stereocenters. The quantitative estimate of drug-likeness (QED) is 0.641. The molecular formula is C14H14Cl3NO2S. The Morgan fingerprint density at radius 1 is 1.05 bits per heavy atom. The Hall–Kier alpha value is -0.440. The molecule has 0 saturated heterocycles. The van der Waals surface area contributed by atoms with Crippen LogP contribution in [0.25, 0.3) is 0 Å². The van der Waals surface area contributed by atoms with Crippen molar-refractivity contribution in [3.8, 4) is 12.3 Å². The second kappa shape index (κ2) is 6.36. The van der Waals surface area contributed by atoms with Gasteiger partial charge in [0.25, 0.3) is 0 Å². The van der Waals surface area contributed by atoms with Gasteiger partial charge in [-0.2, -0.15) is 4.72 Å². The van der Waals surface area contributed by atoms with E-state index in [-0.39, 0.29) is 20.0 Å². The van der Waals surface area contributed by atoms with Crippen LogP contribution in [0.4, 0.5) is 0 Å². The summed E-state index contributed by atoms with van der Waals surface area (Å²) < 4.78 is 27.7.